The summed E-state index contributed by atoms with van der Waals surface area (Å²) in [5.74, 6) is 0.500. The third-order valence-corrected chi connectivity index (χ3v) is 6.46. The third kappa shape index (κ3) is 7.41. The van der Waals surface area contributed by atoms with Crippen LogP contribution in [0, 0.1) is 0 Å². The van der Waals surface area contributed by atoms with Crippen molar-refractivity contribution in [2.24, 2.45) is 0 Å². The quantitative estimate of drug-likeness (QED) is 0.376. The van der Waals surface area contributed by atoms with Gasteiger partial charge < -0.3 is 10.2 Å². The fourth-order valence-electron chi connectivity index (χ4n) is 2.71. The summed E-state index contributed by atoms with van der Waals surface area (Å²) in [7, 11) is 1.56. The predicted molar refractivity (Wildman–Crippen MR) is 122 cm³/mol. The van der Waals surface area contributed by atoms with Gasteiger partial charge >= 0.3 is 0 Å². The maximum absolute atomic E-state index is 12.9. The molecule has 0 aliphatic carbocycles. The Hall–Kier alpha value is -1.40. The van der Waals surface area contributed by atoms with Crippen molar-refractivity contribution in [2.45, 2.75) is 37.2 Å². The molecule has 0 saturated heterocycles. The second-order valence-electron chi connectivity index (χ2n) is 6.47. The second kappa shape index (κ2) is 11.7. The van der Waals surface area contributed by atoms with E-state index in [1.54, 1.807) is 48.8 Å². The van der Waals surface area contributed by atoms with Crippen molar-refractivity contribution in [2.75, 3.05) is 12.8 Å². The van der Waals surface area contributed by atoms with E-state index < -0.39 is 6.04 Å². The van der Waals surface area contributed by atoms with Crippen LogP contribution in [0.2, 0.25) is 15.1 Å². The number of nitrogens with one attached hydrogen (secondary N) is 1. The summed E-state index contributed by atoms with van der Waals surface area (Å²) in [6.07, 6.45) is 1.05. The van der Waals surface area contributed by atoms with Crippen LogP contribution in [0.1, 0.15) is 25.3 Å². The van der Waals surface area contributed by atoms with Crippen LogP contribution in [0.3, 0.4) is 0 Å². The number of halogens is 3. The highest BCUT2D eigenvalue weighted by atomic mass is 35.5. The molecule has 4 nitrogen and oxygen atoms in total. The molecule has 2 rings (SSSR count). The van der Waals surface area contributed by atoms with E-state index in [4.69, 9.17) is 34.8 Å². The van der Waals surface area contributed by atoms with Gasteiger partial charge in [0, 0.05) is 29.9 Å². The van der Waals surface area contributed by atoms with E-state index in [-0.39, 0.29) is 18.4 Å². The van der Waals surface area contributed by atoms with Crippen molar-refractivity contribution < 1.29 is 9.59 Å². The van der Waals surface area contributed by atoms with Crippen molar-refractivity contribution in [3.63, 3.8) is 0 Å². The molecule has 29 heavy (non-hydrogen) atoms. The fourth-order valence-corrected chi connectivity index (χ4v) is 4.01. The normalized spacial score (nSPS) is 11.8. The summed E-state index contributed by atoms with van der Waals surface area (Å²) in [6, 6.07) is 12.2. The number of rotatable bonds is 9. The van der Waals surface area contributed by atoms with Gasteiger partial charge in [-0.3, -0.25) is 9.59 Å². The van der Waals surface area contributed by atoms with Gasteiger partial charge in [-0.05, 0) is 61.1 Å². The number of carbonyl (C=O) groups is 2. The molecule has 0 heterocycles. The minimum atomic E-state index is -0.592. The first-order valence-corrected chi connectivity index (χ1v) is 11.3. The lowest BCUT2D eigenvalue weighted by Crippen LogP contribution is -2.46. The SMILES string of the molecule is CNC(=O)[C@H](C)N(Cc1ccc(Cl)c(Cl)c1)C(=O)CCCSc1ccc(Cl)cc1. The lowest BCUT2D eigenvalue weighted by atomic mass is 10.1. The predicted octanol–water partition coefficient (Wildman–Crippen LogP) is 5.68. The number of nitrogens with zero attached hydrogens (tertiary/aromatic N) is 1. The number of carbonyl (C=O) groups excluding carboxylic acids is 2. The van der Waals surface area contributed by atoms with Crippen LogP contribution >= 0.6 is 46.6 Å². The van der Waals surface area contributed by atoms with Crippen LogP contribution in [0.15, 0.2) is 47.4 Å². The minimum Gasteiger partial charge on any atom is -0.357 e. The topological polar surface area (TPSA) is 49.4 Å². The molecule has 1 atom stereocenters. The maximum Gasteiger partial charge on any atom is 0.242 e. The number of likely N-dealkylation sites (N-methyl/N-ethyl adjacent to an activating group) is 1. The van der Waals surface area contributed by atoms with E-state index in [1.807, 2.05) is 24.3 Å². The fraction of sp³-hybridized carbons (Fsp3) is 0.333. The zero-order chi connectivity index (χ0) is 21.4. The average Bonchev–Trinajstić information content (AvgIpc) is 2.72. The first-order valence-electron chi connectivity index (χ1n) is 9.15. The summed E-state index contributed by atoms with van der Waals surface area (Å²) < 4.78 is 0. The molecule has 156 valence electrons. The summed E-state index contributed by atoms with van der Waals surface area (Å²) in [5.41, 5.74) is 0.819. The zero-order valence-electron chi connectivity index (χ0n) is 16.3. The van der Waals surface area contributed by atoms with Gasteiger partial charge in [-0.15, -0.1) is 11.8 Å². The Morgan fingerprint density at radius 3 is 2.38 bits per heavy atom. The molecule has 8 heteroatoms. The van der Waals surface area contributed by atoms with Crippen LogP contribution in [-0.2, 0) is 16.1 Å². The van der Waals surface area contributed by atoms with Gasteiger partial charge in [0.2, 0.25) is 11.8 Å². The lowest BCUT2D eigenvalue weighted by Gasteiger charge is -2.28. The smallest absolute Gasteiger partial charge is 0.242 e. The molecule has 0 unspecified atom stereocenters. The molecule has 0 aromatic heterocycles. The van der Waals surface area contributed by atoms with Crippen LogP contribution in [0.4, 0.5) is 0 Å². The molecule has 2 amide bonds. The van der Waals surface area contributed by atoms with Crippen molar-refractivity contribution in [3.8, 4) is 0 Å². The van der Waals surface area contributed by atoms with Gasteiger partial charge in [0.1, 0.15) is 6.04 Å². The largest absolute Gasteiger partial charge is 0.357 e. The highest BCUT2D eigenvalue weighted by Crippen LogP contribution is 2.25. The van der Waals surface area contributed by atoms with Gasteiger partial charge in [0.25, 0.3) is 0 Å². The third-order valence-electron chi connectivity index (χ3n) is 4.37. The van der Waals surface area contributed by atoms with Gasteiger partial charge in [-0.25, -0.2) is 0 Å². The summed E-state index contributed by atoms with van der Waals surface area (Å²) in [4.78, 5) is 27.7. The summed E-state index contributed by atoms with van der Waals surface area (Å²) in [5, 5.41) is 4.18. The first-order chi connectivity index (χ1) is 13.8. The zero-order valence-corrected chi connectivity index (χ0v) is 19.3. The van der Waals surface area contributed by atoms with E-state index in [1.165, 1.54) is 0 Å². The Balaban J connectivity index is 1.98. The summed E-state index contributed by atoms with van der Waals surface area (Å²) in [6.45, 7) is 2.01. The van der Waals surface area contributed by atoms with E-state index in [0.717, 1.165) is 16.2 Å². The van der Waals surface area contributed by atoms with Gasteiger partial charge in [-0.1, -0.05) is 40.9 Å². The monoisotopic (exact) mass is 472 g/mol. The Morgan fingerprint density at radius 2 is 1.76 bits per heavy atom. The Morgan fingerprint density at radius 1 is 1.07 bits per heavy atom. The van der Waals surface area contributed by atoms with Crippen LogP contribution in [0.25, 0.3) is 0 Å². The van der Waals surface area contributed by atoms with E-state index in [0.29, 0.717) is 27.9 Å². The van der Waals surface area contributed by atoms with Gasteiger partial charge in [-0.2, -0.15) is 0 Å². The van der Waals surface area contributed by atoms with Gasteiger partial charge in [0.15, 0.2) is 0 Å². The van der Waals surface area contributed by atoms with Crippen molar-refractivity contribution in [1.29, 1.82) is 0 Å². The molecule has 0 aliphatic rings. The molecular formula is C21H23Cl3N2O2S. The van der Waals surface area contributed by atoms with E-state index in [9.17, 15) is 9.59 Å². The number of amides is 2. The van der Waals surface area contributed by atoms with Crippen LogP contribution in [0.5, 0.6) is 0 Å². The number of hydrogen-bond donors (Lipinski definition) is 1. The Labute approximate surface area is 190 Å². The number of thioether (sulfide) groups is 1. The maximum atomic E-state index is 12.9. The Bertz CT molecular complexity index is 846. The highest BCUT2D eigenvalue weighted by molar-refractivity contribution is 7.99. The molecule has 1 N–H and O–H groups in total. The molecule has 0 spiro atoms. The van der Waals surface area contributed by atoms with Crippen molar-refractivity contribution in [3.05, 3.63) is 63.1 Å². The number of benzene rings is 2. The van der Waals surface area contributed by atoms with Crippen LogP contribution < -0.4 is 5.32 Å². The minimum absolute atomic E-state index is 0.0797. The highest BCUT2D eigenvalue weighted by Gasteiger charge is 2.25. The molecular weight excluding hydrogens is 451 g/mol. The van der Waals surface area contributed by atoms with Gasteiger partial charge in [0.05, 0.1) is 10.0 Å². The molecule has 2 aromatic carbocycles. The number of hydrogen-bond acceptors (Lipinski definition) is 3. The molecule has 0 fully saturated rings. The second-order valence-corrected chi connectivity index (χ2v) is 8.89. The molecule has 0 saturated carbocycles. The Kier molecular flexibility index (Phi) is 9.63. The molecule has 0 aliphatic heterocycles. The van der Waals surface area contributed by atoms with Crippen molar-refractivity contribution >= 4 is 58.4 Å². The van der Waals surface area contributed by atoms with E-state index >= 15 is 0 Å². The molecule has 2 aromatic rings. The van der Waals surface area contributed by atoms with Crippen LogP contribution in [-0.4, -0.2) is 35.6 Å². The average molecular weight is 474 g/mol. The molecule has 0 bridgehead atoms. The standard InChI is InChI=1S/C21H23Cl3N2O2S/c1-14(21(28)25-2)26(13-15-5-10-18(23)19(24)12-15)20(27)4-3-11-29-17-8-6-16(22)7-9-17/h5-10,12,14H,3-4,11,13H2,1-2H3,(H,25,28)/t14-/m0/s1. The molecule has 0 radical (unpaired) electrons. The van der Waals surface area contributed by atoms with E-state index in [2.05, 4.69) is 5.32 Å². The van der Waals surface area contributed by atoms with Crippen molar-refractivity contribution in [1.82, 2.24) is 10.2 Å². The summed E-state index contributed by atoms with van der Waals surface area (Å²) >= 11 is 19.6. The first kappa shape index (κ1) is 23.9. The lowest BCUT2D eigenvalue weighted by molar-refractivity contribution is -0.140.